The molecule has 0 bridgehead atoms. The third kappa shape index (κ3) is 3.69. The fraction of sp³-hybridized carbons (Fsp3) is 0.318. The summed E-state index contributed by atoms with van der Waals surface area (Å²) in [5.74, 6) is 1.76. The Morgan fingerprint density at radius 2 is 1.74 bits per heavy atom. The van der Waals surface area contributed by atoms with E-state index < -0.39 is 0 Å². The van der Waals surface area contributed by atoms with Gasteiger partial charge in [-0.15, -0.1) is 10.2 Å². The summed E-state index contributed by atoms with van der Waals surface area (Å²) in [7, 11) is 2.00. The number of aryl methyl sites for hydroxylation is 3. The van der Waals surface area contributed by atoms with Gasteiger partial charge in [0, 0.05) is 23.9 Å². The van der Waals surface area contributed by atoms with Crippen LogP contribution in [-0.4, -0.2) is 20.5 Å². The van der Waals surface area contributed by atoms with Crippen molar-refractivity contribution < 1.29 is 4.79 Å². The summed E-state index contributed by atoms with van der Waals surface area (Å²) < 4.78 is 2.04. The molecule has 0 unspecified atom stereocenters. The summed E-state index contributed by atoms with van der Waals surface area (Å²) in [6, 6.07) is 10.3. The Kier molecular flexibility index (Phi) is 5.51. The lowest BCUT2D eigenvalue weighted by molar-refractivity contribution is 0.101. The second-order valence-electron chi connectivity index (χ2n) is 7.01. The first-order chi connectivity index (χ1) is 12.8. The van der Waals surface area contributed by atoms with Gasteiger partial charge in [-0.2, -0.15) is 0 Å². The van der Waals surface area contributed by atoms with Gasteiger partial charge in [-0.1, -0.05) is 42.1 Å². The molecule has 3 aromatic rings. The van der Waals surface area contributed by atoms with Gasteiger partial charge in [-0.05, 0) is 62.4 Å². The zero-order valence-corrected chi connectivity index (χ0v) is 17.6. The van der Waals surface area contributed by atoms with E-state index in [2.05, 4.69) is 42.2 Å². The van der Waals surface area contributed by atoms with Crippen LogP contribution in [-0.2, 0) is 12.8 Å². The summed E-state index contributed by atoms with van der Waals surface area (Å²) in [6.45, 7) is 9.87. The van der Waals surface area contributed by atoms with Crippen LogP contribution in [0.3, 0.4) is 0 Å². The van der Waals surface area contributed by atoms with Crippen molar-refractivity contribution in [2.75, 3.05) is 0 Å². The Morgan fingerprint density at radius 3 is 2.41 bits per heavy atom. The first-order valence-corrected chi connectivity index (χ1v) is 9.98. The molecule has 0 saturated heterocycles. The van der Waals surface area contributed by atoms with Gasteiger partial charge in [0.2, 0.25) is 0 Å². The molecule has 0 atom stereocenters. The van der Waals surface area contributed by atoms with E-state index in [-0.39, 0.29) is 5.78 Å². The monoisotopic (exact) mass is 379 g/mol. The highest BCUT2D eigenvalue weighted by atomic mass is 32.2. The van der Waals surface area contributed by atoms with E-state index in [1.54, 1.807) is 18.7 Å². The maximum atomic E-state index is 12.0. The molecule has 0 amide bonds. The quantitative estimate of drug-likeness (QED) is 0.451. The predicted octanol–water partition coefficient (Wildman–Crippen LogP) is 5.21. The van der Waals surface area contributed by atoms with Crippen LogP contribution in [0.2, 0.25) is 0 Å². The molecule has 1 aromatic heterocycles. The molecule has 0 radical (unpaired) electrons. The van der Waals surface area contributed by atoms with Gasteiger partial charge in [0.05, 0.1) is 0 Å². The summed E-state index contributed by atoms with van der Waals surface area (Å²) in [4.78, 5) is 12.0. The number of nitrogens with zero attached hydrogens (tertiary/aromatic N) is 3. The number of benzene rings is 2. The average Bonchev–Trinajstić information content (AvgIpc) is 2.95. The van der Waals surface area contributed by atoms with Crippen LogP contribution in [0.1, 0.15) is 45.1 Å². The Hall–Kier alpha value is -2.40. The summed E-state index contributed by atoms with van der Waals surface area (Å²) in [5.41, 5.74) is 7.66. The molecule has 140 valence electrons. The molecule has 1 heterocycles. The van der Waals surface area contributed by atoms with Crippen LogP contribution in [0, 0.1) is 27.7 Å². The Bertz CT molecular complexity index is 1020. The van der Waals surface area contributed by atoms with Crippen molar-refractivity contribution in [1.29, 1.82) is 0 Å². The van der Waals surface area contributed by atoms with Crippen molar-refractivity contribution in [3.8, 4) is 11.4 Å². The third-order valence-corrected chi connectivity index (χ3v) is 6.10. The predicted molar refractivity (Wildman–Crippen MR) is 111 cm³/mol. The van der Waals surface area contributed by atoms with Gasteiger partial charge in [0.25, 0.3) is 0 Å². The number of thioether (sulfide) groups is 1. The smallest absolute Gasteiger partial charge is 0.191 e. The molecule has 0 N–H and O–H groups in total. The first-order valence-electron chi connectivity index (χ1n) is 9.00. The molecule has 2 aromatic carbocycles. The largest absolute Gasteiger partial charge is 0.305 e. The minimum absolute atomic E-state index is 0.122. The van der Waals surface area contributed by atoms with Crippen LogP contribution in [0.25, 0.3) is 11.4 Å². The molecule has 5 heteroatoms. The van der Waals surface area contributed by atoms with E-state index in [1.165, 1.54) is 16.7 Å². The van der Waals surface area contributed by atoms with Gasteiger partial charge in [0.1, 0.15) is 0 Å². The van der Waals surface area contributed by atoms with E-state index in [4.69, 9.17) is 0 Å². The van der Waals surface area contributed by atoms with Crippen LogP contribution in [0.5, 0.6) is 0 Å². The lowest BCUT2D eigenvalue weighted by Crippen LogP contribution is -2.05. The van der Waals surface area contributed by atoms with Crippen molar-refractivity contribution in [3.05, 3.63) is 63.7 Å². The Balaban J connectivity index is 1.90. The molecule has 4 nitrogen and oxygen atoms in total. The van der Waals surface area contributed by atoms with E-state index in [9.17, 15) is 4.79 Å². The maximum Gasteiger partial charge on any atom is 0.191 e. The van der Waals surface area contributed by atoms with Gasteiger partial charge in [-0.3, -0.25) is 4.79 Å². The van der Waals surface area contributed by atoms with Crippen molar-refractivity contribution in [2.24, 2.45) is 7.05 Å². The molecule has 0 spiro atoms. The lowest BCUT2D eigenvalue weighted by atomic mass is 9.92. The fourth-order valence-corrected chi connectivity index (χ4v) is 4.72. The second kappa shape index (κ2) is 7.69. The molecule has 0 aliphatic carbocycles. The number of carbonyl (C=O) groups excluding carboxylic acids is 1. The standard InChI is InChI=1S/C22H25N3OS/c1-13-9-7-8-10-18(13)21-23-24-22(25(21)6)27-12-19-14(2)11-15(3)20(16(19)4)17(5)26/h7-11H,12H2,1-6H3. The normalized spacial score (nSPS) is 11.0. The molecule has 0 saturated carbocycles. The highest BCUT2D eigenvalue weighted by Gasteiger charge is 2.17. The molecular weight excluding hydrogens is 354 g/mol. The van der Waals surface area contributed by atoms with Gasteiger partial charge < -0.3 is 4.57 Å². The van der Waals surface area contributed by atoms with E-state index in [0.29, 0.717) is 0 Å². The fourth-order valence-electron chi connectivity index (χ4n) is 3.63. The number of hydrogen-bond acceptors (Lipinski definition) is 4. The van der Waals surface area contributed by atoms with Gasteiger partial charge >= 0.3 is 0 Å². The Labute approximate surface area is 165 Å². The molecule has 0 aliphatic rings. The SMILES string of the molecule is CC(=O)c1c(C)cc(C)c(CSc2nnc(-c3ccccc3C)n2C)c1C. The topological polar surface area (TPSA) is 47.8 Å². The maximum absolute atomic E-state index is 12.0. The zero-order chi connectivity index (χ0) is 19.7. The molecular formula is C22H25N3OS. The van der Waals surface area contributed by atoms with E-state index in [1.807, 2.05) is 37.6 Å². The van der Waals surface area contributed by atoms with Crippen LogP contribution < -0.4 is 0 Å². The highest BCUT2D eigenvalue weighted by Crippen LogP contribution is 2.31. The highest BCUT2D eigenvalue weighted by molar-refractivity contribution is 7.98. The second-order valence-corrected chi connectivity index (χ2v) is 7.96. The number of carbonyl (C=O) groups is 1. The van der Waals surface area contributed by atoms with Gasteiger partial charge in [0.15, 0.2) is 16.8 Å². The minimum atomic E-state index is 0.122. The van der Waals surface area contributed by atoms with Crippen molar-refractivity contribution in [2.45, 2.75) is 45.5 Å². The summed E-state index contributed by atoms with van der Waals surface area (Å²) in [6.07, 6.45) is 0. The minimum Gasteiger partial charge on any atom is -0.305 e. The molecule has 0 fully saturated rings. The molecule has 0 aliphatic heterocycles. The zero-order valence-electron chi connectivity index (χ0n) is 16.8. The van der Waals surface area contributed by atoms with Crippen molar-refractivity contribution in [3.63, 3.8) is 0 Å². The van der Waals surface area contributed by atoms with Crippen LogP contribution >= 0.6 is 11.8 Å². The molecule has 27 heavy (non-hydrogen) atoms. The van der Waals surface area contributed by atoms with Crippen LogP contribution in [0.15, 0.2) is 35.5 Å². The number of hydrogen-bond donors (Lipinski definition) is 0. The molecule has 3 rings (SSSR count). The summed E-state index contributed by atoms with van der Waals surface area (Å²) >= 11 is 1.65. The first kappa shape index (κ1) is 19.4. The number of aromatic nitrogens is 3. The van der Waals surface area contributed by atoms with E-state index >= 15 is 0 Å². The lowest BCUT2D eigenvalue weighted by Gasteiger charge is -2.15. The van der Waals surface area contributed by atoms with Gasteiger partial charge in [-0.25, -0.2) is 0 Å². The van der Waals surface area contributed by atoms with Crippen molar-refractivity contribution in [1.82, 2.24) is 14.8 Å². The number of ketones is 1. The Morgan fingerprint density at radius 1 is 1.04 bits per heavy atom. The third-order valence-electron chi connectivity index (χ3n) is 5.05. The number of rotatable bonds is 5. The van der Waals surface area contributed by atoms with Crippen LogP contribution in [0.4, 0.5) is 0 Å². The van der Waals surface area contributed by atoms with Crippen molar-refractivity contribution >= 4 is 17.5 Å². The number of Topliss-reactive ketones (excluding diaryl/α,β-unsaturated/α-hetero) is 1. The summed E-state index contributed by atoms with van der Waals surface area (Å²) in [5, 5.41) is 9.67. The average molecular weight is 380 g/mol. The van der Waals surface area contributed by atoms with E-state index in [0.717, 1.165) is 39.0 Å².